The number of hydrogen-bond acceptors (Lipinski definition) is 3. The fourth-order valence-corrected chi connectivity index (χ4v) is 0.377. The summed E-state index contributed by atoms with van der Waals surface area (Å²) in [6.07, 6.45) is 1.60. The predicted molar refractivity (Wildman–Crippen MR) is 37.3 cm³/mol. The maximum Gasteiger partial charge on any atom is 0.482 e. The van der Waals surface area contributed by atoms with Crippen LogP contribution in [-0.4, -0.2) is 22.7 Å². The number of nitrogens with one attached hydrogen (secondary N) is 1. The summed E-state index contributed by atoms with van der Waals surface area (Å²) in [6, 6.07) is 4.93. The minimum Gasteiger partial charge on any atom is -0.429 e. The van der Waals surface area contributed by atoms with Crippen LogP contribution in [0.2, 0.25) is 0 Å². The molecule has 0 atom stereocenters. The van der Waals surface area contributed by atoms with E-state index in [1.165, 1.54) is 6.07 Å². The minimum atomic E-state index is -0.0532. The van der Waals surface area contributed by atoms with Crippen LogP contribution in [0.25, 0.3) is 0 Å². The molecule has 1 rings (SSSR count). The first kappa shape index (κ1) is 8.93. The lowest BCUT2D eigenvalue weighted by Crippen LogP contribution is -1.98. The third-order valence-corrected chi connectivity index (χ3v) is 0.681. The van der Waals surface area contributed by atoms with Gasteiger partial charge in [0.25, 0.3) is 0 Å². The first-order valence-corrected chi connectivity index (χ1v) is 2.55. The fourth-order valence-electron chi connectivity index (χ4n) is 0.377. The largest absolute Gasteiger partial charge is 0.482 e. The molecule has 0 aliphatic rings. The van der Waals surface area contributed by atoms with Gasteiger partial charge in [-0.2, -0.15) is 0 Å². The molecule has 1 aromatic heterocycles. The molecule has 0 bridgehead atoms. The smallest absolute Gasteiger partial charge is 0.429 e. The first-order chi connectivity index (χ1) is 4.81. The lowest BCUT2D eigenvalue weighted by molar-refractivity contribution is 0.448. The Labute approximate surface area is 58.5 Å². The zero-order valence-corrected chi connectivity index (χ0v) is 5.19. The Bertz CT molecular complexity index is 195. The van der Waals surface area contributed by atoms with Gasteiger partial charge in [0.2, 0.25) is 5.56 Å². The van der Waals surface area contributed by atoms with E-state index in [4.69, 9.17) is 10.0 Å². The Hall–Kier alpha value is -1.07. The Balaban J connectivity index is 0.000000236. The Kier molecular flexibility index (Phi) is 5.42. The third kappa shape index (κ3) is 5.08. The lowest BCUT2D eigenvalue weighted by atomic mass is 10.5. The van der Waals surface area contributed by atoms with Crippen LogP contribution in [0.15, 0.2) is 29.2 Å². The van der Waals surface area contributed by atoms with Crippen LogP contribution in [0.3, 0.4) is 0 Å². The number of rotatable bonds is 0. The first-order valence-electron chi connectivity index (χ1n) is 2.55. The molecule has 0 aliphatic heterocycles. The van der Waals surface area contributed by atoms with E-state index in [2.05, 4.69) is 4.98 Å². The highest BCUT2D eigenvalue weighted by atomic mass is 16.4. The maximum atomic E-state index is 10.2. The molecule has 4 nitrogen and oxygen atoms in total. The lowest BCUT2D eigenvalue weighted by Gasteiger charge is -1.73. The van der Waals surface area contributed by atoms with Gasteiger partial charge in [0.15, 0.2) is 0 Å². The van der Waals surface area contributed by atoms with Gasteiger partial charge in [-0.3, -0.25) is 4.79 Å². The molecule has 0 aromatic carbocycles. The molecule has 10 heavy (non-hydrogen) atoms. The van der Waals surface area contributed by atoms with Crippen molar-refractivity contribution in [2.45, 2.75) is 0 Å². The summed E-state index contributed by atoms with van der Waals surface area (Å²) >= 11 is 0. The van der Waals surface area contributed by atoms with Crippen molar-refractivity contribution in [2.24, 2.45) is 0 Å². The number of pyridine rings is 1. The monoisotopic (exact) mass is 140 g/mol. The molecule has 0 saturated heterocycles. The van der Waals surface area contributed by atoms with E-state index in [0.29, 0.717) is 0 Å². The van der Waals surface area contributed by atoms with Crippen LogP contribution in [0.1, 0.15) is 0 Å². The summed E-state index contributed by atoms with van der Waals surface area (Å²) in [6.45, 7) is 0. The van der Waals surface area contributed by atoms with Crippen LogP contribution in [-0.2, 0) is 0 Å². The SMILES string of the molecule is O=c1cccc[nH]1.O[B]O. The van der Waals surface area contributed by atoms with Gasteiger partial charge >= 0.3 is 7.69 Å². The molecule has 0 spiro atoms. The summed E-state index contributed by atoms with van der Waals surface area (Å²) < 4.78 is 0. The van der Waals surface area contributed by atoms with Crippen molar-refractivity contribution in [3.05, 3.63) is 34.7 Å². The van der Waals surface area contributed by atoms with E-state index in [0.717, 1.165) is 0 Å². The second-order valence-corrected chi connectivity index (χ2v) is 1.34. The quantitative estimate of drug-likeness (QED) is 0.399. The highest BCUT2D eigenvalue weighted by Gasteiger charge is 1.69. The molecule has 3 N–H and O–H groups in total. The van der Waals surface area contributed by atoms with Crippen LogP contribution < -0.4 is 5.56 Å². The Morgan fingerprint density at radius 1 is 1.40 bits per heavy atom. The molecular formula is C5H7BNO3. The average Bonchev–Trinajstić information content (AvgIpc) is 1.91. The zero-order valence-electron chi connectivity index (χ0n) is 5.19. The molecule has 0 unspecified atom stereocenters. The van der Waals surface area contributed by atoms with Crippen molar-refractivity contribution >= 4 is 7.69 Å². The number of H-pyrrole nitrogens is 1. The number of aromatic nitrogens is 1. The van der Waals surface area contributed by atoms with Gasteiger partial charge in [-0.05, 0) is 6.07 Å². The minimum absolute atomic E-state index is 0. The van der Waals surface area contributed by atoms with Crippen molar-refractivity contribution < 1.29 is 10.0 Å². The molecule has 1 aromatic rings. The van der Waals surface area contributed by atoms with E-state index in [9.17, 15) is 4.79 Å². The topological polar surface area (TPSA) is 73.3 Å². The average molecular weight is 140 g/mol. The fraction of sp³-hybridized carbons (Fsp3) is 0. The molecule has 0 saturated carbocycles. The van der Waals surface area contributed by atoms with Crippen molar-refractivity contribution in [2.75, 3.05) is 0 Å². The number of aromatic amines is 1. The van der Waals surface area contributed by atoms with Crippen LogP contribution >= 0.6 is 0 Å². The molecule has 0 fully saturated rings. The Morgan fingerprint density at radius 2 is 2.00 bits per heavy atom. The molecule has 0 aliphatic carbocycles. The van der Waals surface area contributed by atoms with Crippen LogP contribution in [0, 0.1) is 0 Å². The molecule has 1 heterocycles. The third-order valence-electron chi connectivity index (χ3n) is 0.681. The van der Waals surface area contributed by atoms with Gasteiger partial charge in [0.05, 0.1) is 0 Å². The molecule has 5 heteroatoms. The van der Waals surface area contributed by atoms with Crippen LogP contribution in [0.4, 0.5) is 0 Å². The van der Waals surface area contributed by atoms with E-state index in [-0.39, 0.29) is 13.2 Å². The van der Waals surface area contributed by atoms with E-state index < -0.39 is 0 Å². The molecule has 1 radical (unpaired) electrons. The van der Waals surface area contributed by atoms with Gasteiger partial charge in [-0.15, -0.1) is 0 Å². The van der Waals surface area contributed by atoms with Gasteiger partial charge in [0.1, 0.15) is 0 Å². The van der Waals surface area contributed by atoms with Crippen molar-refractivity contribution in [1.29, 1.82) is 0 Å². The van der Waals surface area contributed by atoms with Crippen molar-refractivity contribution in [3.8, 4) is 0 Å². The van der Waals surface area contributed by atoms with E-state index in [1.54, 1.807) is 18.3 Å². The van der Waals surface area contributed by atoms with Crippen molar-refractivity contribution in [1.82, 2.24) is 4.98 Å². The molecule has 0 amide bonds. The van der Waals surface area contributed by atoms with Crippen molar-refractivity contribution in [3.63, 3.8) is 0 Å². The van der Waals surface area contributed by atoms with E-state index in [1.807, 2.05) is 0 Å². The van der Waals surface area contributed by atoms with Gasteiger partial charge < -0.3 is 15.0 Å². The van der Waals surface area contributed by atoms with Crippen LogP contribution in [0.5, 0.6) is 0 Å². The van der Waals surface area contributed by atoms with E-state index >= 15 is 0 Å². The highest BCUT2D eigenvalue weighted by Crippen LogP contribution is 1.67. The van der Waals surface area contributed by atoms with Gasteiger partial charge in [-0.1, -0.05) is 6.07 Å². The second-order valence-electron chi connectivity index (χ2n) is 1.34. The summed E-state index contributed by atoms with van der Waals surface area (Å²) in [5.74, 6) is 0. The maximum absolute atomic E-state index is 10.2. The molecular weight excluding hydrogens is 133 g/mol. The van der Waals surface area contributed by atoms with Gasteiger partial charge in [-0.25, -0.2) is 0 Å². The Morgan fingerprint density at radius 3 is 2.20 bits per heavy atom. The second kappa shape index (κ2) is 6.06. The standard InChI is InChI=1S/C5H5NO.BH2O2/c7-5-3-1-2-4-6-5;2-1-3/h1-4H,(H,6,7);2-3H. The summed E-state index contributed by atoms with van der Waals surface area (Å²) in [4.78, 5) is 12.7. The summed E-state index contributed by atoms with van der Waals surface area (Å²) in [5, 5.41) is 14.0. The normalized spacial score (nSPS) is 7.40. The highest BCUT2D eigenvalue weighted by molar-refractivity contribution is 6.13. The molecule has 53 valence electrons. The number of hydrogen-bond donors (Lipinski definition) is 3. The summed E-state index contributed by atoms with van der Waals surface area (Å²) in [7, 11) is 0. The zero-order chi connectivity index (χ0) is 7.82. The predicted octanol–water partition coefficient (Wildman–Crippen LogP) is -1.12. The summed E-state index contributed by atoms with van der Waals surface area (Å²) in [5.41, 5.74) is -0.0532. The van der Waals surface area contributed by atoms with Gasteiger partial charge in [0, 0.05) is 12.3 Å².